The highest BCUT2D eigenvalue weighted by atomic mass is 32.1. The van der Waals surface area contributed by atoms with Crippen molar-refractivity contribution in [1.82, 2.24) is 4.98 Å². The summed E-state index contributed by atoms with van der Waals surface area (Å²) in [6.45, 7) is 4.76. The van der Waals surface area contributed by atoms with Crippen molar-refractivity contribution in [3.05, 3.63) is 64.9 Å². The largest absolute Gasteiger partial charge is 0.386 e. The fourth-order valence-electron chi connectivity index (χ4n) is 2.61. The molecule has 0 bridgehead atoms. The van der Waals surface area contributed by atoms with Crippen LogP contribution in [-0.4, -0.2) is 16.0 Å². The molecule has 4 N–H and O–H groups in total. The van der Waals surface area contributed by atoms with Gasteiger partial charge in [-0.3, -0.25) is 4.79 Å². The number of primary amides is 1. The van der Waals surface area contributed by atoms with Gasteiger partial charge in [0.05, 0.1) is 16.7 Å². The number of aryl methyl sites for hydroxylation is 1. The molecule has 3 rings (SSSR count). The zero-order valence-corrected chi connectivity index (χ0v) is 16.3. The van der Waals surface area contributed by atoms with Crippen molar-refractivity contribution in [1.29, 1.82) is 0 Å². The number of halogens is 2. The molecule has 8 heteroatoms. The van der Waals surface area contributed by atoms with E-state index in [4.69, 9.17) is 5.73 Å². The monoisotopic (exact) mass is 403 g/mol. The van der Waals surface area contributed by atoms with Gasteiger partial charge in [0.25, 0.3) is 5.91 Å². The number of benzene rings is 1. The van der Waals surface area contributed by atoms with Gasteiger partial charge in [-0.25, -0.2) is 13.8 Å². The molecule has 5 nitrogen and oxygen atoms in total. The number of carbonyl (C=O) groups excluding carboxylic acids is 1. The Morgan fingerprint density at radius 2 is 1.86 bits per heavy atom. The predicted octanol–water partition coefficient (Wildman–Crippen LogP) is 4.47. The topological polar surface area (TPSA) is 88.2 Å². The van der Waals surface area contributed by atoms with Gasteiger partial charge < -0.3 is 16.2 Å². The number of thiophene rings is 1. The fraction of sp³-hybridized carbons (Fsp3) is 0.200. The molecule has 0 aliphatic heterocycles. The first-order valence-corrected chi connectivity index (χ1v) is 9.23. The molecule has 2 aromatic heterocycles. The molecule has 0 spiro atoms. The van der Waals surface area contributed by atoms with E-state index in [2.05, 4.69) is 10.3 Å². The van der Waals surface area contributed by atoms with Crippen LogP contribution < -0.4 is 11.1 Å². The van der Waals surface area contributed by atoms with Crippen LogP contribution in [0.2, 0.25) is 0 Å². The molecule has 28 heavy (non-hydrogen) atoms. The summed E-state index contributed by atoms with van der Waals surface area (Å²) in [5.74, 6) is -1.94. The third kappa shape index (κ3) is 4.02. The molecule has 1 amide bonds. The first-order valence-electron chi connectivity index (χ1n) is 8.42. The normalized spacial score (nSPS) is 11.5. The number of nitrogens with one attached hydrogen (secondary N) is 1. The van der Waals surface area contributed by atoms with Gasteiger partial charge in [0.1, 0.15) is 22.5 Å². The second-order valence-corrected chi connectivity index (χ2v) is 7.99. The van der Waals surface area contributed by atoms with Crippen LogP contribution >= 0.6 is 11.3 Å². The van der Waals surface area contributed by atoms with Gasteiger partial charge in [0.2, 0.25) is 0 Å². The molecule has 0 radical (unpaired) electrons. The number of carbonyl (C=O) groups is 1. The van der Waals surface area contributed by atoms with Gasteiger partial charge in [-0.1, -0.05) is 6.07 Å². The molecule has 0 aliphatic rings. The number of nitrogens with two attached hydrogens (primary N) is 1. The average Bonchev–Trinajstić information content (AvgIpc) is 2.99. The van der Waals surface area contributed by atoms with E-state index >= 15 is 0 Å². The Hall–Kier alpha value is -2.84. The molecule has 3 aromatic rings. The van der Waals surface area contributed by atoms with E-state index in [1.54, 1.807) is 12.3 Å². The molecule has 1 aromatic carbocycles. The second kappa shape index (κ2) is 7.29. The van der Waals surface area contributed by atoms with Crippen molar-refractivity contribution in [2.45, 2.75) is 26.4 Å². The number of hydrogen-bond acceptors (Lipinski definition) is 5. The predicted molar refractivity (Wildman–Crippen MR) is 106 cm³/mol. The highest BCUT2D eigenvalue weighted by Gasteiger charge is 2.24. The second-order valence-electron chi connectivity index (χ2n) is 6.94. The molecular formula is C20H19F2N3O2S. The van der Waals surface area contributed by atoms with Crippen molar-refractivity contribution in [2.75, 3.05) is 5.32 Å². The number of anilines is 2. The summed E-state index contributed by atoms with van der Waals surface area (Å²) in [5.41, 5.74) is 4.93. The lowest BCUT2D eigenvalue weighted by Gasteiger charge is -2.18. The SMILES string of the molecule is Cc1ccc(Nc2sc(-c3c(F)cc(C(C)(C)O)cc3F)cc2C(N)=O)nc1. The van der Waals surface area contributed by atoms with Gasteiger partial charge in [-0.05, 0) is 56.2 Å². The van der Waals surface area contributed by atoms with E-state index in [1.807, 2.05) is 13.0 Å². The third-order valence-electron chi connectivity index (χ3n) is 4.15. The van der Waals surface area contributed by atoms with Crippen molar-refractivity contribution < 1.29 is 18.7 Å². The Balaban J connectivity index is 2.06. The lowest BCUT2D eigenvalue weighted by Crippen LogP contribution is -2.16. The minimum absolute atomic E-state index is 0.104. The summed E-state index contributed by atoms with van der Waals surface area (Å²) >= 11 is 0.987. The van der Waals surface area contributed by atoms with Crippen LogP contribution in [0.1, 0.15) is 35.3 Å². The third-order valence-corrected chi connectivity index (χ3v) is 5.21. The summed E-state index contributed by atoms with van der Waals surface area (Å²) in [6, 6.07) is 7.06. The Morgan fingerprint density at radius 1 is 1.21 bits per heavy atom. The van der Waals surface area contributed by atoms with Crippen LogP contribution in [-0.2, 0) is 5.60 Å². The number of hydrogen-bond donors (Lipinski definition) is 3. The number of amides is 1. The minimum Gasteiger partial charge on any atom is -0.386 e. The number of rotatable bonds is 5. The lowest BCUT2D eigenvalue weighted by atomic mass is 9.96. The summed E-state index contributed by atoms with van der Waals surface area (Å²) in [4.78, 5) is 16.2. The van der Waals surface area contributed by atoms with E-state index in [0.29, 0.717) is 10.8 Å². The van der Waals surface area contributed by atoms with Gasteiger partial charge in [0.15, 0.2) is 0 Å². The van der Waals surface area contributed by atoms with E-state index in [-0.39, 0.29) is 21.6 Å². The summed E-state index contributed by atoms with van der Waals surface area (Å²) < 4.78 is 29.3. The molecule has 0 saturated carbocycles. The number of pyridine rings is 1. The standard InChI is InChI=1S/C20H19F2N3O2S/c1-10-4-5-16(24-9-10)25-19-12(18(23)26)8-15(28-19)17-13(21)6-11(7-14(17)22)20(2,3)27/h4-9,27H,1-3H3,(H2,23,26)(H,24,25). The summed E-state index contributed by atoms with van der Waals surface area (Å²) in [7, 11) is 0. The van der Waals surface area contributed by atoms with Crippen molar-refractivity contribution in [3.8, 4) is 10.4 Å². The zero-order valence-electron chi connectivity index (χ0n) is 15.5. The number of aromatic nitrogens is 1. The minimum atomic E-state index is -1.39. The van der Waals surface area contributed by atoms with Gasteiger partial charge >= 0.3 is 0 Å². The zero-order chi connectivity index (χ0) is 20.6. The Kier molecular flexibility index (Phi) is 5.18. The average molecular weight is 403 g/mol. The highest BCUT2D eigenvalue weighted by molar-refractivity contribution is 7.20. The maximum Gasteiger partial charge on any atom is 0.251 e. The van der Waals surface area contributed by atoms with Crippen molar-refractivity contribution in [2.24, 2.45) is 5.73 Å². The molecular weight excluding hydrogens is 384 g/mol. The van der Waals surface area contributed by atoms with Gasteiger partial charge in [-0.2, -0.15) is 0 Å². The van der Waals surface area contributed by atoms with Crippen molar-refractivity contribution >= 4 is 28.1 Å². The van der Waals surface area contributed by atoms with Crippen LogP contribution in [0.25, 0.3) is 10.4 Å². The summed E-state index contributed by atoms with van der Waals surface area (Å²) in [6.07, 6.45) is 1.65. The van der Waals surface area contributed by atoms with E-state index in [0.717, 1.165) is 29.0 Å². The van der Waals surface area contributed by atoms with E-state index < -0.39 is 23.1 Å². The highest BCUT2D eigenvalue weighted by Crippen LogP contribution is 2.40. The van der Waals surface area contributed by atoms with Crippen LogP contribution in [0.3, 0.4) is 0 Å². The quantitative estimate of drug-likeness (QED) is 0.587. The maximum absolute atomic E-state index is 14.6. The maximum atomic E-state index is 14.6. The summed E-state index contributed by atoms with van der Waals surface area (Å²) in [5, 5.41) is 13.3. The molecule has 0 unspecified atom stereocenters. The first-order chi connectivity index (χ1) is 13.1. The van der Waals surface area contributed by atoms with Crippen LogP contribution in [0, 0.1) is 18.6 Å². The fourth-order valence-corrected chi connectivity index (χ4v) is 3.73. The number of nitrogens with zero attached hydrogens (tertiary/aromatic N) is 1. The Bertz CT molecular complexity index is 1020. The Morgan fingerprint density at radius 3 is 2.36 bits per heavy atom. The van der Waals surface area contributed by atoms with Gasteiger partial charge in [0, 0.05) is 11.1 Å². The lowest BCUT2D eigenvalue weighted by molar-refractivity contribution is 0.0778. The molecule has 0 aliphatic carbocycles. The molecule has 2 heterocycles. The first kappa shape index (κ1) is 19.9. The van der Waals surface area contributed by atoms with Crippen LogP contribution in [0.4, 0.5) is 19.6 Å². The van der Waals surface area contributed by atoms with Gasteiger partial charge in [-0.15, -0.1) is 11.3 Å². The molecule has 146 valence electrons. The smallest absolute Gasteiger partial charge is 0.251 e. The van der Waals surface area contributed by atoms with E-state index in [9.17, 15) is 18.7 Å². The molecule has 0 saturated heterocycles. The van der Waals surface area contributed by atoms with Crippen LogP contribution in [0.15, 0.2) is 36.5 Å². The van der Waals surface area contributed by atoms with Crippen molar-refractivity contribution in [3.63, 3.8) is 0 Å². The number of aliphatic hydroxyl groups is 1. The van der Waals surface area contributed by atoms with Crippen LogP contribution in [0.5, 0.6) is 0 Å². The molecule has 0 fully saturated rings. The molecule has 0 atom stereocenters. The Labute approximate surface area is 164 Å². The van der Waals surface area contributed by atoms with E-state index in [1.165, 1.54) is 19.9 Å².